The van der Waals surface area contributed by atoms with Crippen molar-refractivity contribution in [3.8, 4) is 0 Å². The highest BCUT2D eigenvalue weighted by molar-refractivity contribution is 4.92. The van der Waals surface area contributed by atoms with Gasteiger partial charge in [0.25, 0.3) is 0 Å². The highest BCUT2D eigenvalue weighted by Gasteiger charge is 2.33. The summed E-state index contributed by atoms with van der Waals surface area (Å²) in [5.74, 6) is 1.42. The summed E-state index contributed by atoms with van der Waals surface area (Å²) in [7, 11) is 0. The van der Waals surface area contributed by atoms with Crippen molar-refractivity contribution in [3.63, 3.8) is 0 Å². The summed E-state index contributed by atoms with van der Waals surface area (Å²) in [5.41, 5.74) is 0.342. The van der Waals surface area contributed by atoms with Gasteiger partial charge in [0.15, 0.2) is 0 Å². The third-order valence-corrected chi connectivity index (χ3v) is 3.15. The molecule has 0 atom stereocenters. The standard InChI is InChI=1S/C11H25N/c1-7-11(9(3)4,10(5)6)12-8-2/h9-10,12H,7-8H2,1-6H3. The molecule has 0 heterocycles. The number of hydrogen-bond donors (Lipinski definition) is 1. The second-order valence-electron chi connectivity index (χ2n) is 4.23. The third kappa shape index (κ3) is 2.22. The smallest absolute Gasteiger partial charge is 0.0224 e. The summed E-state index contributed by atoms with van der Waals surface area (Å²) in [6, 6.07) is 0. The van der Waals surface area contributed by atoms with E-state index in [1.54, 1.807) is 0 Å². The van der Waals surface area contributed by atoms with Crippen LogP contribution >= 0.6 is 0 Å². The zero-order valence-electron chi connectivity index (χ0n) is 9.57. The molecule has 1 N–H and O–H groups in total. The van der Waals surface area contributed by atoms with Gasteiger partial charge in [0.2, 0.25) is 0 Å². The lowest BCUT2D eigenvalue weighted by Gasteiger charge is -2.41. The molecule has 0 unspecified atom stereocenters. The van der Waals surface area contributed by atoms with E-state index < -0.39 is 0 Å². The molecule has 0 saturated carbocycles. The van der Waals surface area contributed by atoms with Crippen molar-refractivity contribution in [1.82, 2.24) is 5.32 Å². The molecule has 0 saturated heterocycles. The van der Waals surface area contributed by atoms with Gasteiger partial charge in [-0.15, -0.1) is 0 Å². The summed E-state index contributed by atoms with van der Waals surface area (Å²) >= 11 is 0. The molecule has 0 fully saturated rings. The van der Waals surface area contributed by atoms with E-state index in [-0.39, 0.29) is 0 Å². The molecule has 74 valence electrons. The van der Waals surface area contributed by atoms with Crippen LogP contribution in [0.2, 0.25) is 0 Å². The maximum atomic E-state index is 3.64. The van der Waals surface area contributed by atoms with E-state index in [4.69, 9.17) is 0 Å². The maximum Gasteiger partial charge on any atom is 0.0224 e. The molecule has 0 aromatic carbocycles. The van der Waals surface area contributed by atoms with Crippen LogP contribution in [-0.2, 0) is 0 Å². The topological polar surface area (TPSA) is 12.0 Å². The molecule has 0 spiro atoms. The van der Waals surface area contributed by atoms with Crippen molar-refractivity contribution in [2.24, 2.45) is 11.8 Å². The van der Waals surface area contributed by atoms with Gasteiger partial charge in [0, 0.05) is 5.54 Å². The van der Waals surface area contributed by atoms with Crippen LogP contribution in [0, 0.1) is 11.8 Å². The van der Waals surface area contributed by atoms with E-state index >= 15 is 0 Å². The van der Waals surface area contributed by atoms with Crippen molar-refractivity contribution in [2.45, 2.75) is 53.5 Å². The van der Waals surface area contributed by atoms with Crippen molar-refractivity contribution >= 4 is 0 Å². The van der Waals surface area contributed by atoms with Gasteiger partial charge in [-0.3, -0.25) is 0 Å². The minimum Gasteiger partial charge on any atom is -0.311 e. The molecule has 0 aliphatic rings. The molecular formula is C11H25N. The van der Waals surface area contributed by atoms with Gasteiger partial charge >= 0.3 is 0 Å². The highest BCUT2D eigenvalue weighted by Crippen LogP contribution is 2.29. The molecule has 0 aliphatic heterocycles. The molecule has 0 rings (SSSR count). The van der Waals surface area contributed by atoms with E-state index in [1.165, 1.54) is 6.42 Å². The van der Waals surface area contributed by atoms with E-state index in [9.17, 15) is 0 Å². The van der Waals surface area contributed by atoms with E-state index in [0.717, 1.165) is 6.54 Å². The Hall–Kier alpha value is -0.0400. The van der Waals surface area contributed by atoms with E-state index in [0.29, 0.717) is 17.4 Å². The Morgan fingerprint density at radius 2 is 1.42 bits per heavy atom. The molecule has 0 aliphatic carbocycles. The minimum absolute atomic E-state index is 0.342. The Labute approximate surface area is 77.9 Å². The second-order valence-corrected chi connectivity index (χ2v) is 4.23. The molecule has 0 bridgehead atoms. The van der Waals surface area contributed by atoms with Gasteiger partial charge in [0.1, 0.15) is 0 Å². The molecule has 0 amide bonds. The zero-order valence-corrected chi connectivity index (χ0v) is 9.57. The average Bonchev–Trinajstić information content (AvgIpc) is 1.98. The van der Waals surface area contributed by atoms with Crippen molar-refractivity contribution in [1.29, 1.82) is 0 Å². The fraction of sp³-hybridized carbons (Fsp3) is 1.00. The lowest BCUT2D eigenvalue weighted by atomic mass is 9.75. The molecular weight excluding hydrogens is 146 g/mol. The van der Waals surface area contributed by atoms with Gasteiger partial charge in [-0.2, -0.15) is 0 Å². The van der Waals surface area contributed by atoms with Gasteiger partial charge in [0.05, 0.1) is 0 Å². The monoisotopic (exact) mass is 171 g/mol. The summed E-state index contributed by atoms with van der Waals surface area (Å²) in [5, 5.41) is 3.64. The van der Waals surface area contributed by atoms with Crippen LogP contribution in [0.25, 0.3) is 0 Å². The van der Waals surface area contributed by atoms with Crippen LogP contribution in [0.5, 0.6) is 0 Å². The second kappa shape index (κ2) is 4.86. The van der Waals surface area contributed by atoms with Crippen LogP contribution in [0.3, 0.4) is 0 Å². The molecule has 0 radical (unpaired) electrons. The Balaban J connectivity index is 4.51. The molecule has 0 aromatic heterocycles. The average molecular weight is 171 g/mol. The lowest BCUT2D eigenvalue weighted by Crippen LogP contribution is -2.53. The Morgan fingerprint density at radius 3 is 1.50 bits per heavy atom. The zero-order chi connectivity index (χ0) is 9.78. The van der Waals surface area contributed by atoms with Crippen LogP contribution in [0.4, 0.5) is 0 Å². The van der Waals surface area contributed by atoms with Gasteiger partial charge in [-0.25, -0.2) is 0 Å². The first-order valence-electron chi connectivity index (χ1n) is 5.26. The van der Waals surface area contributed by atoms with Gasteiger partial charge in [-0.05, 0) is 24.8 Å². The van der Waals surface area contributed by atoms with E-state index in [1.807, 2.05) is 0 Å². The van der Waals surface area contributed by atoms with Crippen LogP contribution in [-0.4, -0.2) is 12.1 Å². The summed E-state index contributed by atoms with van der Waals surface area (Å²) < 4.78 is 0. The van der Waals surface area contributed by atoms with Crippen molar-refractivity contribution in [3.05, 3.63) is 0 Å². The fourth-order valence-corrected chi connectivity index (χ4v) is 2.35. The summed E-state index contributed by atoms with van der Waals surface area (Å²) in [4.78, 5) is 0. The number of rotatable bonds is 5. The van der Waals surface area contributed by atoms with Crippen LogP contribution in [0.1, 0.15) is 48.0 Å². The molecule has 1 nitrogen and oxygen atoms in total. The normalized spacial score (nSPS) is 13.0. The first-order valence-corrected chi connectivity index (χ1v) is 5.26. The largest absolute Gasteiger partial charge is 0.311 e. The van der Waals surface area contributed by atoms with E-state index in [2.05, 4.69) is 46.9 Å². The van der Waals surface area contributed by atoms with Crippen molar-refractivity contribution < 1.29 is 0 Å². The molecule has 0 aromatic rings. The van der Waals surface area contributed by atoms with Crippen LogP contribution in [0.15, 0.2) is 0 Å². The summed E-state index contributed by atoms with van der Waals surface area (Å²) in [6.07, 6.45) is 1.22. The first kappa shape index (κ1) is 12.0. The predicted octanol–water partition coefficient (Wildman–Crippen LogP) is 3.06. The fourth-order valence-electron chi connectivity index (χ4n) is 2.35. The minimum atomic E-state index is 0.342. The maximum absolute atomic E-state index is 3.64. The van der Waals surface area contributed by atoms with Crippen LogP contribution < -0.4 is 5.32 Å². The predicted molar refractivity (Wildman–Crippen MR) is 56.4 cm³/mol. The molecule has 1 heteroatoms. The third-order valence-electron chi connectivity index (χ3n) is 3.15. The number of nitrogens with one attached hydrogen (secondary N) is 1. The summed E-state index contributed by atoms with van der Waals surface area (Å²) in [6.45, 7) is 14.8. The Morgan fingerprint density at radius 1 is 1.00 bits per heavy atom. The first-order chi connectivity index (χ1) is 5.51. The Bertz CT molecular complexity index is 108. The lowest BCUT2D eigenvalue weighted by molar-refractivity contribution is 0.160. The van der Waals surface area contributed by atoms with Gasteiger partial charge in [-0.1, -0.05) is 41.5 Å². The Kier molecular flexibility index (Phi) is 4.84. The SMILES string of the molecule is CCNC(CC)(C(C)C)C(C)C. The van der Waals surface area contributed by atoms with Crippen molar-refractivity contribution in [2.75, 3.05) is 6.54 Å². The number of hydrogen-bond acceptors (Lipinski definition) is 1. The highest BCUT2D eigenvalue weighted by atomic mass is 15.0. The molecule has 12 heavy (non-hydrogen) atoms. The quantitative estimate of drug-likeness (QED) is 0.670. The van der Waals surface area contributed by atoms with Gasteiger partial charge < -0.3 is 5.32 Å².